The van der Waals surface area contributed by atoms with Crippen LogP contribution >= 0.6 is 24.8 Å². The van der Waals surface area contributed by atoms with Gasteiger partial charge in [-0.3, -0.25) is 14.5 Å². The zero-order valence-electron chi connectivity index (χ0n) is 13.5. The summed E-state index contributed by atoms with van der Waals surface area (Å²) in [6, 6.07) is 5.84. The molecule has 1 amide bonds. The van der Waals surface area contributed by atoms with Crippen LogP contribution in [-0.2, 0) is 17.8 Å². The summed E-state index contributed by atoms with van der Waals surface area (Å²) in [5.74, 6) is 1.13. The Morgan fingerprint density at radius 1 is 1.33 bits per heavy atom. The smallest absolute Gasteiger partial charge is 0.228 e. The van der Waals surface area contributed by atoms with Gasteiger partial charge in [-0.2, -0.15) is 5.10 Å². The summed E-state index contributed by atoms with van der Waals surface area (Å²) >= 11 is 0. The number of aromatic nitrogens is 3. The molecule has 2 aromatic heterocycles. The third-order valence-electron chi connectivity index (χ3n) is 4.20. The van der Waals surface area contributed by atoms with Crippen molar-refractivity contribution in [2.45, 2.75) is 19.9 Å². The van der Waals surface area contributed by atoms with E-state index >= 15 is 0 Å². The highest BCUT2D eigenvalue weighted by molar-refractivity contribution is 5.91. The van der Waals surface area contributed by atoms with Crippen LogP contribution in [0.5, 0.6) is 0 Å². The van der Waals surface area contributed by atoms with Crippen molar-refractivity contribution in [1.82, 2.24) is 20.1 Å². The molecule has 3 heterocycles. The summed E-state index contributed by atoms with van der Waals surface area (Å²) in [7, 11) is 0. The first-order chi connectivity index (χ1) is 10.7. The van der Waals surface area contributed by atoms with E-state index in [9.17, 15) is 4.79 Å². The predicted molar refractivity (Wildman–Crippen MR) is 98.8 cm³/mol. The van der Waals surface area contributed by atoms with Gasteiger partial charge in [0.15, 0.2) is 5.82 Å². The van der Waals surface area contributed by atoms with Crippen molar-refractivity contribution in [3.05, 3.63) is 42.4 Å². The van der Waals surface area contributed by atoms with E-state index in [1.54, 1.807) is 12.4 Å². The predicted octanol–water partition coefficient (Wildman–Crippen LogP) is 2.16. The molecule has 0 bridgehead atoms. The van der Waals surface area contributed by atoms with E-state index in [1.807, 2.05) is 36.0 Å². The standard InChI is InChI=1S/C16H21N5O.2ClH/c1-12(14-10-18-11-14)16(22)19-15-5-9-21(20-15)8-4-13-2-6-17-7-3-13;;/h2-3,5-7,9,12,14,18H,4,8,10-11H2,1H3,(H,19,20,22);2*1H. The fourth-order valence-electron chi connectivity index (χ4n) is 2.46. The zero-order chi connectivity index (χ0) is 15.4. The second-order valence-corrected chi connectivity index (χ2v) is 5.77. The first-order valence-corrected chi connectivity index (χ1v) is 7.66. The Bertz CT molecular complexity index is 630. The van der Waals surface area contributed by atoms with Gasteiger partial charge in [-0.25, -0.2) is 0 Å². The van der Waals surface area contributed by atoms with Crippen LogP contribution in [0.4, 0.5) is 5.82 Å². The molecular weight excluding hydrogens is 349 g/mol. The number of carbonyl (C=O) groups is 1. The number of amides is 1. The average molecular weight is 372 g/mol. The maximum absolute atomic E-state index is 12.1. The lowest BCUT2D eigenvalue weighted by molar-refractivity contribution is -0.121. The molecule has 1 aliphatic rings. The lowest BCUT2D eigenvalue weighted by Crippen LogP contribution is -2.48. The number of nitrogens with zero attached hydrogens (tertiary/aromatic N) is 3. The van der Waals surface area contributed by atoms with E-state index in [0.717, 1.165) is 26.1 Å². The lowest BCUT2D eigenvalue weighted by atomic mass is 9.88. The number of hydrogen-bond donors (Lipinski definition) is 2. The van der Waals surface area contributed by atoms with Gasteiger partial charge in [-0.15, -0.1) is 24.8 Å². The molecule has 1 fully saturated rings. The molecule has 1 saturated heterocycles. The van der Waals surface area contributed by atoms with Crippen LogP contribution < -0.4 is 10.6 Å². The largest absolute Gasteiger partial charge is 0.316 e. The van der Waals surface area contributed by atoms with Crippen LogP contribution in [0.3, 0.4) is 0 Å². The number of hydrogen-bond acceptors (Lipinski definition) is 4. The molecule has 6 nitrogen and oxygen atoms in total. The molecule has 0 radical (unpaired) electrons. The molecule has 0 saturated carbocycles. The monoisotopic (exact) mass is 371 g/mol. The average Bonchev–Trinajstić information content (AvgIpc) is 2.92. The van der Waals surface area contributed by atoms with Gasteiger partial charge in [0.25, 0.3) is 0 Å². The zero-order valence-corrected chi connectivity index (χ0v) is 15.1. The maximum Gasteiger partial charge on any atom is 0.228 e. The maximum atomic E-state index is 12.1. The third kappa shape index (κ3) is 5.19. The number of aryl methyl sites for hydroxylation is 2. The Balaban J connectivity index is 0.00000144. The van der Waals surface area contributed by atoms with Crippen molar-refractivity contribution in [3.63, 3.8) is 0 Å². The highest BCUT2D eigenvalue weighted by Gasteiger charge is 2.28. The Hall–Kier alpha value is -1.63. The number of rotatable bonds is 6. The molecule has 1 atom stereocenters. The summed E-state index contributed by atoms with van der Waals surface area (Å²) < 4.78 is 1.85. The van der Waals surface area contributed by atoms with Gasteiger partial charge in [0.2, 0.25) is 5.91 Å². The van der Waals surface area contributed by atoms with Crippen molar-refractivity contribution >= 4 is 36.5 Å². The minimum atomic E-state index is 0. The summed E-state index contributed by atoms with van der Waals surface area (Å²) in [5.41, 5.74) is 1.22. The minimum Gasteiger partial charge on any atom is -0.316 e. The highest BCUT2D eigenvalue weighted by Crippen LogP contribution is 2.17. The topological polar surface area (TPSA) is 71.8 Å². The second-order valence-electron chi connectivity index (χ2n) is 5.77. The Labute approximate surface area is 154 Å². The number of nitrogens with one attached hydrogen (secondary N) is 2. The van der Waals surface area contributed by atoms with E-state index in [4.69, 9.17) is 0 Å². The molecule has 1 aliphatic heterocycles. The lowest BCUT2D eigenvalue weighted by Gasteiger charge is -2.31. The summed E-state index contributed by atoms with van der Waals surface area (Å²) in [5, 5.41) is 10.5. The third-order valence-corrected chi connectivity index (χ3v) is 4.20. The van der Waals surface area contributed by atoms with Gasteiger partial charge < -0.3 is 10.6 Å². The van der Waals surface area contributed by atoms with Crippen LogP contribution in [0.15, 0.2) is 36.8 Å². The first kappa shape index (κ1) is 20.4. The number of halogens is 2. The molecule has 0 spiro atoms. The first-order valence-electron chi connectivity index (χ1n) is 7.66. The molecule has 0 aliphatic carbocycles. The van der Waals surface area contributed by atoms with Gasteiger partial charge in [0.05, 0.1) is 0 Å². The number of anilines is 1. The highest BCUT2D eigenvalue weighted by atomic mass is 35.5. The molecule has 2 aromatic rings. The number of carbonyl (C=O) groups excluding carboxylic acids is 1. The Morgan fingerprint density at radius 3 is 2.67 bits per heavy atom. The van der Waals surface area contributed by atoms with Crippen LogP contribution in [0.25, 0.3) is 0 Å². The van der Waals surface area contributed by atoms with E-state index in [0.29, 0.717) is 11.7 Å². The van der Waals surface area contributed by atoms with Gasteiger partial charge in [-0.05, 0) is 43.1 Å². The fraction of sp³-hybridized carbons (Fsp3) is 0.438. The van der Waals surface area contributed by atoms with E-state index in [1.165, 1.54) is 5.56 Å². The molecule has 1 unspecified atom stereocenters. The Kier molecular flexibility index (Phi) is 8.18. The van der Waals surface area contributed by atoms with E-state index < -0.39 is 0 Å². The summed E-state index contributed by atoms with van der Waals surface area (Å²) in [6.07, 6.45) is 6.37. The molecule has 24 heavy (non-hydrogen) atoms. The molecule has 8 heteroatoms. The summed E-state index contributed by atoms with van der Waals surface area (Å²) in [4.78, 5) is 16.1. The molecule has 132 valence electrons. The van der Waals surface area contributed by atoms with Gasteiger partial charge >= 0.3 is 0 Å². The number of pyridine rings is 1. The SMILES string of the molecule is CC(C(=O)Nc1ccn(CCc2ccncc2)n1)C1CNC1.Cl.Cl. The van der Waals surface area contributed by atoms with Crippen LogP contribution in [-0.4, -0.2) is 33.8 Å². The molecule has 2 N–H and O–H groups in total. The fourth-order valence-corrected chi connectivity index (χ4v) is 2.46. The van der Waals surface area contributed by atoms with Crippen LogP contribution in [0.1, 0.15) is 12.5 Å². The summed E-state index contributed by atoms with van der Waals surface area (Å²) in [6.45, 7) is 4.60. The van der Waals surface area contributed by atoms with Gasteiger partial charge in [0.1, 0.15) is 0 Å². The molecule has 0 aromatic carbocycles. The van der Waals surface area contributed by atoms with Crippen molar-refractivity contribution in [1.29, 1.82) is 0 Å². The van der Waals surface area contributed by atoms with Crippen molar-refractivity contribution < 1.29 is 4.79 Å². The van der Waals surface area contributed by atoms with E-state index in [2.05, 4.69) is 20.7 Å². The van der Waals surface area contributed by atoms with Crippen LogP contribution in [0.2, 0.25) is 0 Å². The second kappa shape index (κ2) is 9.61. The quantitative estimate of drug-likeness (QED) is 0.815. The normalized spacial score (nSPS) is 14.7. The van der Waals surface area contributed by atoms with E-state index in [-0.39, 0.29) is 36.6 Å². The van der Waals surface area contributed by atoms with Crippen molar-refractivity contribution in [3.8, 4) is 0 Å². The van der Waals surface area contributed by atoms with Crippen molar-refractivity contribution in [2.24, 2.45) is 11.8 Å². The molecule has 3 rings (SSSR count). The van der Waals surface area contributed by atoms with Crippen LogP contribution in [0, 0.1) is 11.8 Å². The minimum absolute atomic E-state index is 0. The van der Waals surface area contributed by atoms with Gasteiger partial charge in [-0.1, -0.05) is 6.92 Å². The van der Waals surface area contributed by atoms with Crippen molar-refractivity contribution in [2.75, 3.05) is 18.4 Å². The van der Waals surface area contributed by atoms with Gasteiger partial charge in [0, 0.05) is 37.1 Å². The Morgan fingerprint density at radius 2 is 2.04 bits per heavy atom. The molecular formula is C16H23Cl2N5O.